The third-order valence-electron chi connectivity index (χ3n) is 4.15. The molecule has 2 aromatic rings. The first-order valence-corrected chi connectivity index (χ1v) is 9.27. The van der Waals surface area contributed by atoms with Crippen molar-refractivity contribution in [1.82, 2.24) is 15.3 Å². The molecule has 1 aliphatic carbocycles. The van der Waals surface area contributed by atoms with Gasteiger partial charge in [0.1, 0.15) is 0 Å². The number of nitrogens with zero attached hydrogens (tertiary/aromatic N) is 2. The monoisotopic (exact) mass is 364 g/mol. The van der Waals surface area contributed by atoms with Crippen LogP contribution in [-0.4, -0.2) is 27.2 Å². The van der Waals surface area contributed by atoms with E-state index in [1.807, 2.05) is 24.3 Å². The second-order valence-electron chi connectivity index (χ2n) is 5.93. The van der Waals surface area contributed by atoms with Crippen molar-refractivity contribution in [3.63, 3.8) is 0 Å². The SMILES string of the molecule is Nc1ncc(Sc2ccc(Cl)cc2)c(CN[C@@H]2CCCC[C@H]2O)n1. The van der Waals surface area contributed by atoms with Crippen LogP contribution in [0, 0.1) is 0 Å². The standard InChI is InChI=1S/C17H21ClN4OS/c18-11-5-7-12(8-6-11)24-16-10-21-17(19)22-14(16)9-20-13-3-1-2-4-15(13)23/h5-8,10,13,15,20,23H,1-4,9H2,(H2,19,21,22)/t13-,15-/m1/s1. The van der Waals surface area contributed by atoms with Crippen LogP contribution in [0.4, 0.5) is 5.95 Å². The minimum Gasteiger partial charge on any atom is -0.392 e. The van der Waals surface area contributed by atoms with Gasteiger partial charge in [-0.3, -0.25) is 0 Å². The molecule has 1 saturated carbocycles. The number of hydrogen-bond acceptors (Lipinski definition) is 6. The maximum atomic E-state index is 10.1. The second kappa shape index (κ2) is 8.16. The molecule has 1 aromatic carbocycles. The molecule has 1 aromatic heterocycles. The van der Waals surface area contributed by atoms with Gasteiger partial charge in [0.2, 0.25) is 5.95 Å². The van der Waals surface area contributed by atoms with Crippen molar-refractivity contribution in [2.24, 2.45) is 0 Å². The number of hydrogen-bond donors (Lipinski definition) is 3. The molecule has 0 unspecified atom stereocenters. The van der Waals surface area contributed by atoms with Gasteiger partial charge in [-0.05, 0) is 37.1 Å². The quantitative estimate of drug-likeness (QED) is 0.755. The van der Waals surface area contributed by atoms with Crippen LogP contribution in [-0.2, 0) is 6.54 Å². The van der Waals surface area contributed by atoms with Crippen molar-refractivity contribution < 1.29 is 5.11 Å². The Bertz CT molecular complexity index is 683. The molecule has 0 saturated heterocycles. The molecule has 24 heavy (non-hydrogen) atoms. The van der Waals surface area contributed by atoms with Crippen LogP contribution >= 0.6 is 23.4 Å². The number of aromatic nitrogens is 2. The van der Waals surface area contributed by atoms with Gasteiger partial charge in [0, 0.05) is 28.7 Å². The predicted molar refractivity (Wildman–Crippen MR) is 97.1 cm³/mol. The highest BCUT2D eigenvalue weighted by Gasteiger charge is 2.22. The summed E-state index contributed by atoms with van der Waals surface area (Å²) in [5.74, 6) is 0.261. The van der Waals surface area contributed by atoms with Gasteiger partial charge in [-0.2, -0.15) is 0 Å². The Morgan fingerprint density at radius 3 is 2.75 bits per heavy atom. The molecule has 1 heterocycles. The molecular weight excluding hydrogens is 344 g/mol. The molecule has 7 heteroatoms. The summed E-state index contributed by atoms with van der Waals surface area (Å²) in [6, 6.07) is 7.76. The molecule has 0 bridgehead atoms. The fourth-order valence-electron chi connectivity index (χ4n) is 2.84. The molecule has 5 nitrogen and oxygen atoms in total. The molecule has 2 atom stereocenters. The van der Waals surface area contributed by atoms with E-state index >= 15 is 0 Å². The van der Waals surface area contributed by atoms with Crippen LogP contribution in [0.25, 0.3) is 0 Å². The number of nitrogen functional groups attached to an aromatic ring is 1. The molecule has 4 N–H and O–H groups in total. The van der Waals surface area contributed by atoms with Crippen molar-refractivity contribution in [1.29, 1.82) is 0 Å². The number of aliphatic hydroxyl groups is 1. The molecule has 0 spiro atoms. The Labute approximate surface area is 151 Å². The number of anilines is 1. The average molecular weight is 365 g/mol. The van der Waals surface area contributed by atoms with Gasteiger partial charge in [0.25, 0.3) is 0 Å². The lowest BCUT2D eigenvalue weighted by molar-refractivity contribution is 0.0900. The van der Waals surface area contributed by atoms with Gasteiger partial charge < -0.3 is 16.2 Å². The van der Waals surface area contributed by atoms with Crippen molar-refractivity contribution in [2.75, 3.05) is 5.73 Å². The second-order valence-corrected chi connectivity index (χ2v) is 7.49. The molecule has 1 aliphatic rings. The van der Waals surface area contributed by atoms with Gasteiger partial charge in [-0.25, -0.2) is 9.97 Å². The molecular formula is C17H21ClN4OS. The number of nitrogens with two attached hydrogens (primary N) is 1. The smallest absolute Gasteiger partial charge is 0.220 e. The van der Waals surface area contributed by atoms with E-state index in [2.05, 4.69) is 15.3 Å². The summed E-state index contributed by atoms with van der Waals surface area (Å²) in [5.41, 5.74) is 6.60. The van der Waals surface area contributed by atoms with Crippen LogP contribution in [0.1, 0.15) is 31.4 Å². The van der Waals surface area contributed by atoms with Crippen LogP contribution < -0.4 is 11.1 Å². The molecule has 128 valence electrons. The molecule has 1 fully saturated rings. The van der Waals surface area contributed by atoms with Gasteiger partial charge in [0.15, 0.2) is 0 Å². The lowest BCUT2D eigenvalue weighted by Crippen LogP contribution is -2.41. The third-order valence-corrected chi connectivity index (χ3v) is 5.47. The highest BCUT2D eigenvalue weighted by Crippen LogP contribution is 2.30. The topological polar surface area (TPSA) is 84.1 Å². The van der Waals surface area contributed by atoms with E-state index in [1.54, 1.807) is 18.0 Å². The fraction of sp³-hybridized carbons (Fsp3) is 0.412. The van der Waals surface area contributed by atoms with E-state index in [0.29, 0.717) is 11.6 Å². The molecule has 3 rings (SSSR count). The number of halogens is 1. The summed E-state index contributed by atoms with van der Waals surface area (Å²) in [7, 11) is 0. The highest BCUT2D eigenvalue weighted by atomic mass is 35.5. The van der Waals surface area contributed by atoms with E-state index in [4.69, 9.17) is 17.3 Å². The summed E-state index contributed by atoms with van der Waals surface area (Å²) in [4.78, 5) is 10.5. The number of rotatable bonds is 5. The summed E-state index contributed by atoms with van der Waals surface area (Å²) in [5, 5.41) is 14.2. The zero-order chi connectivity index (χ0) is 16.9. The van der Waals surface area contributed by atoms with Crippen molar-refractivity contribution >= 4 is 29.3 Å². The van der Waals surface area contributed by atoms with Crippen molar-refractivity contribution in [2.45, 2.75) is 54.2 Å². The van der Waals surface area contributed by atoms with Crippen LogP contribution in [0.2, 0.25) is 5.02 Å². The Morgan fingerprint density at radius 2 is 2.00 bits per heavy atom. The lowest BCUT2D eigenvalue weighted by atomic mass is 9.92. The minimum atomic E-state index is -0.287. The predicted octanol–water partition coefficient (Wildman–Crippen LogP) is 3.26. The first kappa shape index (κ1) is 17.5. The first-order chi connectivity index (χ1) is 11.6. The number of benzene rings is 1. The lowest BCUT2D eigenvalue weighted by Gasteiger charge is -2.28. The Balaban J connectivity index is 1.71. The van der Waals surface area contributed by atoms with Crippen molar-refractivity contribution in [3.8, 4) is 0 Å². The highest BCUT2D eigenvalue weighted by molar-refractivity contribution is 7.99. The average Bonchev–Trinajstić information content (AvgIpc) is 2.58. The maximum absolute atomic E-state index is 10.1. The van der Waals surface area contributed by atoms with Gasteiger partial charge in [0.05, 0.1) is 16.7 Å². The Hall–Kier alpha value is -1.34. The van der Waals surface area contributed by atoms with E-state index in [-0.39, 0.29) is 18.1 Å². The third kappa shape index (κ3) is 4.60. The summed E-state index contributed by atoms with van der Waals surface area (Å²) >= 11 is 7.51. The summed E-state index contributed by atoms with van der Waals surface area (Å²) in [6.45, 7) is 0.560. The Morgan fingerprint density at radius 1 is 1.25 bits per heavy atom. The number of aliphatic hydroxyl groups excluding tert-OH is 1. The summed E-state index contributed by atoms with van der Waals surface area (Å²) < 4.78 is 0. The van der Waals surface area contributed by atoms with Crippen molar-refractivity contribution in [3.05, 3.63) is 41.2 Å². The minimum absolute atomic E-state index is 0.114. The van der Waals surface area contributed by atoms with Crippen LogP contribution in [0.3, 0.4) is 0 Å². The van der Waals surface area contributed by atoms with E-state index in [0.717, 1.165) is 41.2 Å². The Kier molecular flexibility index (Phi) is 5.94. The molecule has 0 aliphatic heterocycles. The summed E-state index contributed by atoms with van der Waals surface area (Å²) in [6.07, 6.45) is 5.54. The maximum Gasteiger partial charge on any atom is 0.220 e. The zero-order valence-corrected chi connectivity index (χ0v) is 14.9. The van der Waals surface area contributed by atoms with Crippen LogP contribution in [0.5, 0.6) is 0 Å². The number of nitrogens with one attached hydrogen (secondary N) is 1. The van der Waals surface area contributed by atoms with Crippen LogP contribution in [0.15, 0.2) is 40.3 Å². The molecule has 0 radical (unpaired) electrons. The van der Waals surface area contributed by atoms with E-state index in [9.17, 15) is 5.11 Å². The van der Waals surface area contributed by atoms with Gasteiger partial charge in [-0.15, -0.1) is 0 Å². The van der Waals surface area contributed by atoms with Gasteiger partial charge >= 0.3 is 0 Å². The normalized spacial score (nSPS) is 20.9. The van der Waals surface area contributed by atoms with E-state index in [1.165, 1.54) is 0 Å². The fourth-order valence-corrected chi connectivity index (χ4v) is 3.83. The first-order valence-electron chi connectivity index (χ1n) is 8.08. The molecule has 0 amide bonds. The largest absolute Gasteiger partial charge is 0.392 e. The van der Waals surface area contributed by atoms with Gasteiger partial charge in [-0.1, -0.05) is 36.2 Å². The van der Waals surface area contributed by atoms with E-state index < -0.39 is 0 Å². The zero-order valence-electron chi connectivity index (χ0n) is 13.3.